The number of carbonyl (C=O) groups is 1. The van der Waals surface area contributed by atoms with Gasteiger partial charge in [-0.05, 0) is 0 Å². The summed E-state index contributed by atoms with van der Waals surface area (Å²) in [4.78, 5) is 11.7. The maximum absolute atomic E-state index is 11.7. The summed E-state index contributed by atoms with van der Waals surface area (Å²) in [6, 6.07) is 8.47. The molecule has 1 aromatic carbocycles. The van der Waals surface area contributed by atoms with Gasteiger partial charge in [0.15, 0.2) is 0 Å². The van der Waals surface area contributed by atoms with E-state index in [-0.39, 0.29) is 5.78 Å². The summed E-state index contributed by atoms with van der Waals surface area (Å²) < 4.78 is 0.460. The first-order chi connectivity index (χ1) is 7.97. The first-order valence-electron chi connectivity index (χ1n) is 5.06. The van der Waals surface area contributed by atoms with E-state index >= 15 is 0 Å². The van der Waals surface area contributed by atoms with Crippen LogP contribution >= 0.6 is 0 Å². The van der Waals surface area contributed by atoms with Crippen LogP contribution < -0.4 is 0 Å². The van der Waals surface area contributed by atoms with Crippen molar-refractivity contribution < 1.29 is 14.7 Å². The lowest BCUT2D eigenvalue weighted by Crippen LogP contribution is -2.36. The maximum Gasteiger partial charge on any atom is 0.249 e. The Bertz CT molecular complexity index is 450. The van der Waals surface area contributed by atoms with Crippen LogP contribution in [-0.4, -0.2) is 33.7 Å². The predicted octanol–water partition coefficient (Wildman–Crippen LogP) is 1.69. The van der Waals surface area contributed by atoms with Crippen LogP contribution in [0.4, 0.5) is 0 Å². The largest absolute Gasteiger partial charge is 0.623 e. The molecule has 0 saturated heterocycles. The van der Waals surface area contributed by atoms with E-state index in [4.69, 9.17) is 5.21 Å². The van der Waals surface area contributed by atoms with Gasteiger partial charge in [-0.25, -0.2) is 0 Å². The zero-order valence-corrected chi connectivity index (χ0v) is 9.70. The molecule has 0 saturated carbocycles. The molecule has 0 aliphatic rings. The molecule has 0 bridgehead atoms. The molecule has 1 aromatic rings. The predicted molar refractivity (Wildman–Crippen MR) is 64.8 cm³/mol. The molecule has 0 amide bonds. The quantitative estimate of drug-likeness (QED) is 0.215. The minimum atomic E-state index is -1.07. The number of benzene rings is 1. The molecule has 1 rings (SSSR count). The number of hydrogen-bond donors (Lipinski definition) is 1. The molecule has 0 aliphatic heterocycles. The summed E-state index contributed by atoms with van der Waals surface area (Å²) in [6.07, 6.45) is 2.01. The van der Waals surface area contributed by atoms with Gasteiger partial charge in [0.1, 0.15) is 6.21 Å². The van der Waals surface area contributed by atoms with E-state index in [0.717, 1.165) is 12.4 Å². The van der Waals surface area contributed by atoms with Crippen LogP contribution in [0.1, 0.15) is 24.2 Å². The lowest BCUT2D eigenvalue weighted by molar-refractivity contribution is -0.510. The highest BCUT2D eigenvalue weighted by Crippen LogP contribution is 2.05. The molecule has 0 spiro atoms. The van der Waals surface area contributed by atoms with Crippen molar-refractivity contribution in [3.8, 4) is 0 Å². The first kappa shape index (κ1) is 12.9. The SMILES string of the molecule is CC(C)(/C=N/O)/[N+]([O-])=C/C(=O)c1ccccc1. The van der Waals surface area contributed by atoms with Crippen LogP contribution in [0.15, 0.2) is 35.5 Å². The number of rotatable bonds is 4. The molecule has 5 nitrogen and oxygen atoms in total. The topological polar surface area (TPSA) is 75.7 Å². The molecule has 0 aromatic heterocycles. The van der Waals surface area contributed by atoms with Gasteiger partial charge in [-0.3, -0.25) is 4.79 Å². The summed E-state index contributed by atoms with van der Waals surface area (Å²) in [5, 5.41) is 22.9. The van der Waals surface area contributed by atoms with E-state index in [0.29, 0.717) is 10.3 Å². The second-order valence-electron chi connectivity index (χ2n) is 4.08. The van der Waals surface area contributed by atoms with E-state index in [1.807, 2.05) is 0 Å². The average Bonchev–Trinajstić information content (AvgIpc) is 2.30. The second kappa shape index (κ2) is 5.25. The van der Waals surface area contributed by atoms with Gasteiger partial charge >= 0.3 is 0 Å². The fraction of sp³-hybridized carbons (Fsp3) is 0.250. The number of ketones is 1. The third-order valence-corrected chi connectivity index (χ3v) is 2.23. The standard InChI is InChI=1S/C12H14N2O3/c1-12(2,9-13-16)14(17)8-11(15)10-6-4-3-5-7-10/h3-9,16H,1-2H3/b13-9+,14-8-. The van der Waals surface area contributed by atoms with Crippen LogP contribution in [0.2, 0.25) is 0 Å². The van der Waals surface area contributed by atoms with Gasteiger partial charge in [-0.1, -0.05) is 35.5 Å². The van der Waals surface area contributed by atoms with Crippen molar-refractivity contribution in [3.63, 3.8) is 0 Å². The van der Waals surface area contributed by atoms with Crippen molar-refractivity contribution in [3.05, 3.63) is 41.1 Å². The molecule has 5 heteroatoms. The molecule has 0 aliphatic carbocycles. The summed E-state index contributed by atoms with van der Waals surface area (Å²) in [5.74, 6) is -0.389. The number of hydroxylamine groups is 1. The number of carbonyl (C=O) groups excluding carboxylic acids is 1. The second-order valence-corrected chi connectivity index (χ2v) is 4.08. The van der Waals surface area contributed by atoms with Crippen LogP contribution in [0.5, 0.6) is 0 Å². The average molecular weight is 234 g/mol. The third-order valence-electron chi connectivity index (χ3n) is 2.23. The van der Waals surface area contributed by atoms with Gasteiger partial charge in [0, 0.05) is 19.4 Å². The smallest absolute Gasteiger partial charge is 0.249 e. The lowest BCUT2D eigenvalue weighted by atomic mass is 10.1. The fourth-order valence-electron chi connectivity index (χ4n) is 1.15. The van der Waals surface area contributed by atoms with E-state index in [1.165, 1.54) is 13.8 Å². The van der Waals surface area contributed by atoms with Crippen molar-refractivity contribution in [1.82, 2.24) is 0 Å². The Morgan fingerprint density at radius 2 is 2.00 bits per heavy atom. The Labute approximate surface area is 99.3 Å². The van der Waals surface area contributed by atoms with E-state index in [1.54, 1.807) is 30.3 Å². The van der Waals surface area contributed by atoms with Gasteiger partial charge in [-0.2, -0.15) is 4.74 Å². The molecule has 0 fully saturated rings. The van der Waals surface area contributed by atoms with Gasteiger partial charge in [-0.15, -0.1) is 0 Å². The number of hydrogen-bond acceptors (Lipinski definition) is 4. The molecule has 1 N–H and O–H groups in total. The molecule has 0 unspecified atom stereocenters. The van der Waals surface area contributed by atoms with Gasteiger partial charge < -0.3 is 10.4 Å². The van der Waals surface area contributed by atoms with Crippen molar-refractivity contribution in [2.75, 3.05) is 0 Å². The Balaban J connectivity index is 2.94. The highest BCUT2D eigenvalue weighted by Gasteiger charge is 2.25. The molecular formula is C12H14N2O3. The van der Waals surface area contributed by atoms with Crippen molar-refractivity contribution in [2.24, 2.45) is 5.16 Å². The third kappa shape index (κ3) is 3.41. The van der Waals surface area contributed by atoms with E-state index in [9.17, 15) is 10.0 Å². The molecule has 17 heavy (non-hydrogen) atoms. The highest BCUT2D eigenvalue weighted by atomic mass is 16.5. The van der Waals surface area contributed by atoms with Gasteiger partial charge in [0.2, 0.25) is 17.5 Å². The molecular weight excluding hydrogens is 220 g/mol. The zero-order chi connectivity index (χ0) is 12.9. The van der Waals surface area contributed by atoms with Crippen molar-refractivity contribution in [2.45, 2.75) is 19.4 Å². The first-order valence-corrected chi connectivity index (χ1v) is 5.06. The Morgan fingerprint density at radius 1 is 1.41 bits per heavy atom. The fourth-order valence-corrected chi connectivity index (χ4v) is 1.15. The lowest BCUT2D eigenvalue weighted by Gasteiger charge is -2.18. The van der Waals surface area contributed by atoms with Crippen molar-refractivity contribution >= 4 is 18.2 Å². The van der Waals surface area contributed by atoms with Crippen molar-refractivity contribution in [1.29, 1.82) is 0 Å². The van der Waals surface area contributed by atoms with Gasteiger partial charge in [0.05, 0.1) is 0 Å². The van der Waals surface area contributed by atoms with Crippen LogP contribution in [0.3, 0.4) is 0 Å². The van der Waals surface area contributed by atoms with Gasteiger partial charge in [0.25, 0.3) is 0 Å². The summed E-state index contributed by atoms with van der Waals surface area (Å²) >= 11 is 0. The minimum absolute atomic E-state index is 0.389. The Kier molecular flexibility index (Phi) is 3.98. The van der Waals surface area contributed by atoms with E-state index < -0.39 is 5.54 Å². The van der Waals surface area contributed by atoms with E-state index in [2.05, 4.69) is 5.16 Å². The molecule has 90 valence electrons. The summed E-state index contributed by atoms with van der Waals surface area (Å²) in [7, 11) is 0. The Hall–Kier alpha value is -2.17. The number of Topliss-reactive ketones (excluding diaryl/α,β-unsaturated/α-hetero) is 1. The van der Waals surface area contributed by atoms with Crippen LogP contribution in [0, 0.1) is 5.21 Å². The molecule has 0 radical (unpaired) electrons. The zero-order valence-electron chi connectivity index (χ0n) is 9.70. The highest BCUT2D eigenvalue weighted by molar-refractivity contribution is 6.33. The summed E-state index contributed by atoms with van der Waals surface area (Å²) in [6.45, 7) is 3.07. The monoisotopic (exact) mass is 234 g/mol. The Morgan fingerprint density at radius 3 is 2.53 bits per heavy atom. The number of oxime groups is 1. The van der Waals surface area contributed by atoms with Crippen LogP contribution in [-0.2, 0) is 0 Å². The normalized spacial score (nSPS) is 12.9. The van der Waals surface area contributed by atoms with Crippen LogP contribution in [0.25, 0.3) is 0 Å². The summed E-state index contributed by atoms with van der Waals surface area (Å²) in [5.41, 5.74) is -0.635. The minimum Gasteiger partial charge on any atom is -0.623 e. The maximum atomic E-state index is 11.7. The number of nitrogens with zero attached hydrogens (tertiary/aromatic N) is 2. The molecule has 0 atom stereocenters. The molecule has 0 heterocycles.